The summed E-state index contributed by atoms with van der Waals surface area (Å²) in [5, 5.41) is 11.5. The van der Waals surface area contributed by atoms with E-state index in [2.05, 4.69) is 33.8 Å². The van der Waals surface area contributed by atoms with E-state index < -0.39 is 5.97 Å². The van der Waals surface area contributed by atoms with E-state index >= 15 is 0 Å². The molecule has 0 aliphatic heterocycles. The van der Waals surface area contributed by atoms with Gasteiger partial charge >= 0.3 is 5.97 Å². The Morgan fingerprint density at radius 2 is 1.68 bits per heavy atom. The maximum absolute atomic E-state index is 11.7. The summed E-state index contributed by atoms with van der Waals surface area (Å²) in [5.41, 5.74) is 2.59. The first kappa shape index (κ1) is 13.6. The van der Waals surface area contributed by atoms with Gasteiger partial charge in [0.15, 0.2) is 0 Å². The second kappa shape index (κ2) is 5.04. The van der Waals surface area contributed by atoms with Gasteiger partial charge in [-0.15, -0.1) is 0 Å². The third kappa shape index (κ3) is 2.35. The van der Waals surface area contributed by atoms with Crippen LogP contribution in [0.5, 0.6) is 0 Å². The number of fused-ring (bicyclic) bond motifs is 1. The van der Waals surface area contributed by atoms with Crippen molar-refractivity contribution in [3.05, 3.63) is 47.0 Å². The van der Waals surface area contributed by atoms with Gasteiger partial charge < -0.3 is 5.11 Å². The van der Waals surface area contributed by atoms with Crippen LogP contribution in [0.25, 0.3) is 10.8 Å². The summed E-state index contributed by atoms with van der Waals surface area (Å²) in [7, 11) is 0. The smallest absolute Gasteiger partial charge is 0.336 e. The van der Waals surface area contributed by atoms with Crippen LogP contribution < -0.4 is 0 Å². The lowest BCUT2D eigenvalue weighted by molar-refractivity contribution is 0.0697. The summed E-state index contributed by atoms with van der Waals surface area (Å²) < 4.78 is 0. The quantitative estimate of drug-likeness (QED) is 0.857. The number of hydrogen-bond acceptors (Lipinski definition) is 1. The molecule has 0 bridgehead atoms. The summed E-state index contributed by atoms with van der Waals surface area (Å²) >= 11 is 0. The minimum atomic E-state index is -0.831. The molecule has 0 aliphatic carbocycles. The Bertz CT molecular complexity index is 624. The molecule has 2 nitrogen and oxygen atoms in total. The van der Waals surface area contributed by atoms with E-state index in [4.69, 9.17) is 0 Å². The molecule has 2 heteroatoms. The van der Waals surface area contributed by atoms with Gasteiger partial charge in [0.05, 0.1) is 5.56 Å². The summed E-state index contributed by atoms with van der Waals surface area (Å²) in [6, 6.07) is 9.87. The number of carboxylic acid groups (broad SMARTS) is 1. The highest BCUT2D eigenvalue weighted by atomic mass is 16.4. The zero-order chi connectivity index (χ0) is 14.2. The SMILES string of the molecule is CC(C)c1cc2ccccc2c(C(=O)O)c1C(C)C. The number of aromatic carboxylic acids is 1. The lowest BCUT2D eigenvalue weighted by atomic mass is 9.84. The fourth-order valence-electron chi connectivity index (χ4n) is 2.72. The predicted octanol–water partition coefficient (Wildman–Crippen LogP) is 4.78. The molecule has 2 aromatic carbocycles. The minimum Gasteiger partial charge on any atom is -0.478 e. The molecule has 0 unspecified atom stereocenters. The highest BCUT2D eigenvalue weighted by Gasteiger charge is 2.21. The molecule has 0 atom stereocenters. The molecule has 0 radical (unpaired) electrons. The molecular weight excluding hydrogens is 236 g/mol. The summed E-state index contributed by atoms with van der Waals surface area (Å²) in [6.45, 7) is 8.34. The van der Waals surface area contributed by atoms with Crippen LogP contribution in [0.1, 0.15) is 61.0 Å². The van der Waals surface area contributed by atoms with Crippen LogP contribution in [0, 0.1) is 0 Å². The molecular formula is C17H20O2. The lowest BCUT2D eigenvalue weighted by Gasteiger charge is -2.20. The van der Waals surface area contributed by atoms with E-state index in [9.17, 15) is 9.90 Å². The topological polar surface area (TPSA) is 37.3 Å². The van der Waals surface area contributed by atoms with Crippen LogP contribution >= 0.6 is 0 Å². The van der Waals surface area contributed by atoms with E-state index in [-0.39, 0.29) is 5.92 Å². The molecule has 0 aromatic heterocycles. The second-order valence-corrected chi connectivity index (χ2v) is 5.59. The minimum absolute atomic E-state index is 0.202. The average molecular weight is 256 g/mol. The molecule has 0 amide bonds. The van der Waals surface area contributed by atoms with Crippen molar-refractivity contribution in [1.82, 2.24) is 0 Å². The third-order valence-electron chi connectivity index (χ3n) is 3.53. The first-order valence-corrected chi connectivity index (χ1v) is 6.72. The van der Waals surface area contributed by atoms with Crippen molar-refractivity contribution in [3.8, 4) is 0 Å². The summed E-state index contributed by atoms with van der Waals surface area (Å²) in [4.78, 5) is 11.7. The van der Waals surface area contributed by atoms with Crippen LogP contribution in [-0.4, -0.2) is 11.1 Å². The van der Waals surface area contributed by atoms with Crippen molar-refractivity contribution in [2.45, 2.75) is 39.5 Å². The molecule has 100 valence electrons. The summed E-state index contributed by atoms with van der Waals surface area (Å²) in [6.07, 6.45) is 0. The molecule has 2 rings (SSSR count). The number of rotatable bonds is 3. The Balaban J connectivity index is 2.96. The first-order valence-electron chi connectivity index (χ1n) is 6.72. The van der Waals surface area contributed by atoms with Crippen molar-refractivity contribution in [2.75, 3.05) is 0 Å². The van der Waals surface area contributed by atoms with E-state index in [0.717, 1.165) is 21.9 Å². The van der Waals surface area contributed by atoms with Gasteiger partial charge in [-0.25, -0.2) is 4.79 Å². The molecule has 0 saturated heterocycles. The third-order valence-corrected chi connectivity index (χ3v) is 3.53. The first-order chi connectivity index (χ1) is 8.93. The molecule has 0 spiro atoms. The highest BCUT2D eigenvalue weighted by Crippen LogP contribution is 2.34. The zero-order valence-corrected chi connectivity index (χ0v) is 11.9. The summed E-state index contributed by atoms with van der Waals surface area (Å²) in [5.74, 6) is -0.310. The normalized spacial score (nSPS) is 11.5. The van der Waals surface area contributed by atoms with Crippen molar-refractivity contribution in [3.63, 3.8) is 0 Å². The predicted molar refractivity (Wildman–Crippen MR) is 79.1 cm³/mol. The largest absolute Gasteiger partial charge is 0.478 e. The molecule has 1 N–H and O–H groups in total. The van der Waals surface area contributed by atoms with Gasteiger partial charge in [-0.3, -0.25) is 0 Å². The van der Waals surface area contributed by atoms with Crippen molar-refractivity contribution in [2.24, 2.45) is 0 Å². The highest BCUT2D eigenvalue weighted by molar-refractivity contribution is 6.05. The van der Waals surface area contributed by atoms with Crippen LogP contribution in [0.2, 0.25) is 0 Å². The van der Waals surface area contributed by atoms with E-state index in [1.54, 1.807) is 0 Å². The Kier molecular flexibility index (Phi) is 3.61. The Morgan fingerprint density at radius 1 is 1.05 bits per heavy atom. The van der Waals surface area contributed by atoms with Gasteiger partial charge in [0.25, 0.3) is 0 Å². The fraction of sp³-hybridized carbons (Fsp3) is 0.353. The van der Waals surface area contributed by atoms with E-state index in [1.165, 1.54) is 0 Å². The van der Waals surface area contributed by atoms with Crippen LogP contribution in [0.4, 0.5) is 0 Å². The van der Waals surface area contributed by atoms with Gasteiger partial charge in [0, 0.05) is 0 Å². The van der Waals surface area contributed by atoms with E-state index in [0.29, 0.717) is 11.5 Å². The van der Waals surface area contributed by atoms with Crippen LogP contribution in [-0.2, 0) is 0 Å². The monoisotopic (exact) mass is 256 g/mol. The molecule has 0 fully saturated rings. The van der Waals surface area contributed by atoms with Crippen molar-refractivity contribution >= 4 is 16.7 Å². The second-order valence-electron chi connectivity index (χ2n) is 5.59. The fourth-order valence-corrected chi connectivity index (χ4v) is 2.72. The van der Waals surface area contributed by atoms with E-state index in [1.807, 2.05) is 24.3 Å². The standard InChI is InChI=1S/C17H20O2/c1-10(2)14-9-12-7-5-6-8-13(12)16(17(18)19)15(14)11(3)4/h5-11H,1-4H3,(H,18,19). The van der Waals surface area contributed by atoms with Crippen molar-refractivity contribution in [1.29, 1.82) is 0 Å². The van der Waals surface area contributed by atoms with Crippen molar-refractivity contribution < 1.29 is 9.90 Å². The Labute approximate surface area is 114 Å². The molecule has 0 saturated carbocycles. The van der Waals surface area contributed by atoms with Gasteiger partial charge in [-0.1, -0.05) is 58.0 Å². The Hall–Kier alpha value is -1.83. The molecule has 0 aliphatic rings. The maximum atomic E-state index is 11.7. The lowest BCUT2D eigenvalue weighted by Crippen LogP contribution is -2.09. The van der Waals surface area contributed by atoms with Gasteiger partial charge in [0.2, 0.25) is 0 Å². The molecule has 19 heavy (non-hydrogen) atoms. The van der Waals surface area contributed by atoms with Gasteiger partial charge in [0.1, 0.15) is 0 Å². The number of hydrogen-bond donors (Lipinski definition) is 1. The molecule has 2 aromatic rings. The number of benzene rings is 2. The van der Waals surface area contributed by atoms with Gasteiger partial charge in [-0.2, -0.15) is 0 Å². The number of carboxylic acids is 1. The van der Waals surface area contributed by atoms with Crippen LogP contribution in [0.3, 0.4) is 0 Å². The zero-order valence-electron chi connectivity index (χ0n) is 11.9. The maximum Gasteiger partial charge on any atom is 0.336 e. The molecule has 0 heterocycles. The van der Waals surface area contributed by atoms with Gasteiger partial charge in [-0.05, 0) is 33.7 Å². The van der Waals surface area contributed by atoms with Crippen LogP contribution in [0.15, 0.2) is 30.3 Å². The Morgan fingerprint density at radius 3 is 2.21 bits per heavy atom. The number of carbonyl (C=O) groups is 1. The average Bonchev–Trinajstić information content (AvgIpc) is 2.35.